The van der Waals surface area contributed by atoms with Gasteiger partial charge in [-0.1, -0.05) is 0 Å². The van der Waals surface area contributed by atoms with Gasteiger partial charge in [0.25, 0.3) is 35.4 Å². The SMILES string of the molecule is CC(=O)Nc1cc(C(=O)Nc2cc(C(=O)Nc3cc(C(=O)NCCC(=O)NCCCN(C)C)n(C)c3)n(CCCCn3cc(NC(=O)c4nccn4C)cc3C(=O)Nc3cc(C(=O)NCCC(=O)NCCCN(C)C)n(C)c3)c2)n(C)c1. The van der Waals surface area contributed by atoms with Gasteiger partial charge in [0.15, 0.2) is 5.82 Å². The summed E-state index contributed by atoms with van der Waals surface area (Å²) in [7, 11) is 14.5. The number of rotatable bonds is 30. The summed E-state index contributed by atoms with van der Waals surface area (Å²) in [6.45, 7) is 4.80. The second-order valence-electron chi connectivity index (χ2n) is 20.4. The highest BCUT2D eigenvalue weighted by Gasteiger charge is 2.23. The van der Waals surface area contributed by atoms with Crippen LogP contribution in [0.4, 0.5) is 28.4 Å². The molecule has 6 rings (SSSR count). The maximum absolute atomic E-state index is 14.2. The van der Waals surface area contributed by atoms with Crippen molar-refractivity contribution in [3.63, 3.8) is 0 Å². The third kappa shape index (κ3) is 18.1. The summed E-state index contributed by atoms with van der Waals surface area (Å²) in [5, 5.41) is 25.3. The molecular formula is C55H76N18O9. The molecule has 6 aromatic heterocycles. The molecule has 0 bridgehead atoms. The van der Waals surface area contributed by atoms with Crippen LogP contribution in [0.25, 0.3) is 0 Å². The monoisotopic (exact) mass is 1130 g/mol. The number of nitrogens with zero attached hydrogens (tertiary/aromatic N) is 9. The van der Waals surface area contributed by atoms with Crippen molar-refractivity contribution in [2.24, 2.45) is 28.2 Å². The van der Waals surface area contributed by atoms with Crippen LogP contribution < -0.4 is 47.9 Å². The first-order valence-corrected chi connectivity index (χ1v) is 26.8. The first-order valence-electron chi connectivity index (χ1n) is 26.8. The Hall–Kier alpha value is -9.24. The summed E-state index contributed by atoms with van der Waals surface area (Å²) in [4.78, 5) is 126. The van der Waals surface area contributed by atoms with Crippen molar-refractivity contribution >= 4 is 81.6 Å². The van der Waals surface area contributed by atoms with Crippen LogP contribution in [0.3, 0.4) is 0 Å². The molecule has 440 valence electrons. The largest absolute Gasteiger partial charge is 0.356 e. The van der Waals surface area contributed by atoms with E-state index >= 15 is 0 Å². The van der Waals surface area contributed by atoms with Crippen molar-refractivity contribution < 1.29 is 43.2 Å². The average molecular weight is 1130 g/mol. The molecule has 0 spiro atoms. The number of carbonyl (C=O) groups excluding carboxylic acids is 9. The van der Waals surface area contributed by atoms with Gasteiger partial charge in [0.05, 0.1) is 28.4 Å². The quantitative estimate of drug-likeness (QED) is 0.0294. The molecule has 0 unspecified atom stereocenters. The molecule has 82 heavy (non-hydrogen) atoms. The lowest BCUT2D eigenvalue weighted by atomic mass is 10.2. The summed E-state index contributed by atoms with van der Waals surface area (Å²) in [6.07, 6.45) is 13.8. The maximum atomic E-state index is 14.2. The van der Waals surface area contributed by atoms with Crippen molar-refractivity contribution in [1.29, 1.82) is 0 Å². The molecule has 0 fully saturated rings. The third-order valence-corrected chi connectivity index (χ3v) is 12.9. The van der Waals surface area contributed by atoms with Gasteiger partial charge in [0.1, 0.15) is 28.5 Å². The number of nitrogens with one attached hydrogen (secondary N) is 9. The van der Waals surface area contributed by atoms with E-state index in [9.17, 15) is 43.2 Å². The van der Waals surface area contributed by atoms with E-state index in [2.05, 4.69) is 52.8 Å². The number of carbonyl (C=O) groups is 9. The molecule has 9 amide bonds. The van der Waals surface area contributed by atoms with E-state index in [4.69, 9.17) is 0 Å². The van der Waals surface area contributed by atoms with Crippen LogP contribution in [0.2, 0.25) is 0 Å². The number of imidazole rings is 1. The fourth-order valence-electron chi connectivity index (χ4n) is 8.79. The fraction of sp³-hybridized carbons (Fsp3) is 0.418. The minimum atomic E-state index is -0.552. The Kier molecular flexibility index (Phi) is 22.1. The Labute approximate surface area is 475 Å². The summed E-state index contributed by atoms with van der Waals surface area (Å²) in [6, 6.07) is 7.60. The Balaban J connectivity index is 1.15. The Bertz CT molecular complexity index is 3260. The topological polar surface area (TPSA) is 311 Å². The predicted octanol–water partition coefficient (Wildman–Crippen LogP) is 2.86. The normalized spacial score (nSPS) is 11.1. The molecular weight excluding hydrogens is 1060 g/mol. The molecule has 0 saturated carbocycles. The predicted molar refractivity (Wildman–Crippen MR) is 310 cm³/mol. The highest BCUT2D eigenvalue weighted by atomic mass is 16.2. The first kappa shape index (κ1) is 62.0. The van der Waals surface area contributed by atoms with Crippen molar-refractivity contribution in [2.75, 3.05) is 94.0 Å². The number of amides is 9. The zero-order valence-corrected chi connectivity index (χ0v) is 48.0. The van der Waals surface area contributed by atoms with Gasteiger partial charge in [0.2, 0.25) is 17.7 Å². The molecule has 0 radical (unpaired) electrons. The molecule has 9 N–H and O–H groups in total. The number of aromatic nitrogens is 7. The van der Waals surface area contributed by atoms with Crippen LogP contribution in [0.5, 0.6) is 0 Å². The minimum absolute atomic E-state index is 0.0904. The number of hydrogen-bond donors (Lipinski definition) is 9. The van der Waals surface area contributed by atoms with Crippen molar-refractivity contribution in [3.05, 3.63) is 108 Å². The maximum Gasteiger partial charge on any atom is 0.291 e. The van der Waals surface area contributed by atoms with Gasteiger partial charge in [-0.15, -0.1) is 0 Å². The highest BCUT2D eigenvalue weighted by Crippen LogP contribution is 2.23. The minimum Gasteiger partial charge on any atom is -0.356 e. The number of aryl methyl sites for hydroxylation is 6. The smallest absolute Gasteiger partial charge is 0.291 e. The molecule has 0 aliphatic rings. The summed E-state index contributed by atoms with van der Waals surface area (Å²) in [5.41, 5.74) is 2.73. The van der Waals surface area contributed by atoms with Gasteiger partial charge in [0, 0.05) is 131 Å². The van der Waals surface area contributed by atoms with E-state index in [-0.39, 0.29) is 91.0 Å². The summed E-state index contributed by atoms with van der Waals surface area (Å²) < 4.78 is 9.57. The van der Waals surface area contributed by atoms with E-state index in [0.717, 1.165) is 25.9 Å². The van der Waals surface area contributed by atoms with Gasteiger partial charge in [-0.05, 0) is 97.3 Å². The molecule has 0 saturated heterocycles. The van der Waals surface area contributed by atoms with Crippen molar-refractivity contribution in [2.45, 2.75) is 58.5 Å². The highest BCUT2D eigenvalue weighted by molar-refractivity contribution is 6.09. The van der Waals surface area contributed by atoms with Gasteiger partial charge in [-0.3, -0.25) is 43.2 Å². The summed E-state index contributed by atoms with van der Waals surface area (Å²) >= 11 is 0. The Morgan fingerprint density at radius 2 is 0.793 bits per heavy atom. The molecule has 0 aliphatic carbocycles. The van der Waals surface area contributed by atoms with Crippen LogP contribution in [0.1, 0.15) is 109 Å². The number of anilines is 5. The van der Waals surface area contributed by atoms with Crippen LogP contribution in [-0.4, -0.2) is 163 Å². The van der Waals surface area contributed by atoms with Gasteiger partial charge < -0.3 is 85.1 Å². The van der Waals surface area contributed by atoms with Gasteiger partial charge >= 0.3 is 0 Å². The lowest BCUT2D eigenvalue weighted by Crippen LogP contribution is -2.32. The van der Waals surface area contributed by atoms with Crippen LogP contribution in [0, 0.1) is 0 Å². The van der Waals surface area contributed by atoms with Crippen LogP contribution in [0.15, 0.2) is 73.7 Å². The Morgan fingerprint density at radius 1 is 0.427 bits per heavy atom. The summed E-state index contributed by atoms with van der Waals surface area (Å²) in [5.74, 6) is -3.51. The molecule has 6 aromatic rings. The number of unbranched alkanes of at least 4 members (excludes halogenated alkanes) is 1. The standard InChI is InChI=1S/C55H76N18O9/c1-36(74)61-37-26-44(71(9)31-37)52(79)64-40-29-45(53(80)62-38-27-42(69(7)32-38)50(77)59-18-14-47(75)56-16-12-21-66(2)3)72(34-40)23-10-11-24-73-35-41(65-55(82)49-58-20-25-68(49)6)30-46(73)54(81)63-39-28-43(70(8)33-39)51(78)60-19-15-48(76)57-17-13-22-67(4)5/h20,25-35H,10-19,21-24H2,1-9H3,(H,56,75)(H,57,76)(H,59,77)(H,60,78)(H,61,74)(H,62,80)(H,63,81)(H,64,79)(H,65,82). The second kappa shape index (κ2) is 29.3. The molecule has 0 aliphatic heterocycles. The zero-order chi connectivity index (χ0) is 59.6. The first-order chi connectivity index (χ1) is 39.0. The Morgan fingerprint density at radius 3 is 1.18 bits per heavy atom. The van der Waals surface area contributed by atoms with E-state index in [0.29, 0.717) is 54.4 Å². The second-order valence-corrected chi connectivity index (χ2v) is 20.4. The lowest BCUT2D eigenvalue weighted by Gasteiger charge is -2.11. The lowest BCUT2D eigenvalue weighted by molar-refractivity contribution is -0.121. The molecule has 27 heteroatoms. The van der Waals surface area contributed by atoms with Crippen LogP contribution in [-0.2, 0) is 55.7 Å². The van der Waals surface area contributed by atoms with Crippen molar-refractivity contribution in [3.8, 4) is 0 Å². The molecule has 27 nitrogen and oxygen atoms in total. The number of hydrogen-bond acceptors (Lipinski definition) is 12. The molecule has 0 atom stereocenters. The van der Waals surface area contributed by atoms with E-state index in [1.165, 1.54) is 43.5 Å². The van der Waals surface area contributed by atoms with Crippen LogP contribution >= 0.6 is 0 Å². The average Bonchev–Trinajstić information content (AvgIpc) is 4.45. The molecule has 0 aromatic carbocycles. The zero-order valence-electron chi connectivity index (χ0n) is 48.0. The van der Waals surface area contributed by atoms with Gasteiger partial charge in [-0.25, -0.2) is 4.98 Å². The fourth-order valence-corrected chi connectivity index (χ4v) is 8.79. The molecule has 6 heterocycles. The van der Waals surface area contributed by atoms with Crippen molar-refractivity contribution in [1.82, 2.24) is 63.5 Å². The third-order valence-electron chi connectivity index (χ3n) is 12.9. The van der Waals surface area contributed by atoms with E-state index < -0.39 is 35.4 Å². The van der Waals surface area contributed by atoms with E-state index in [1.807, 2.05) is 38.0 Å². The van der Waals surface area contributed by atoms with E-state index in [1.54, 1.807) is 92.8 Å². The van der Waals surface area contributed by atoms with Gasteiger partial charge in [-0.2, -0.15) is 0 Å².